The summed E-state index contributed by atoms with van der Waals surface area (Å²) in [6.45, 7) is 1.51. The van der Waals surface area contributed by atoms with Crippen LogP contribution < -0.4 is 4.74 Å². The van der Waals surface area contributed by atoms with Gasteiger partial charge in [0.05, 0.1) is 5.71 Å². The van der Waals surface area contributed by atoms with Crippen molar-refractivity contribution in [2.75, 3.05) is 0 Å². The van der Waals surface area contributed by atoms with Gasteiger partial charge < -0.3 is 15.3 Å². The number of carbonyl (C=O) groups excluding carboxylic acids is 1. The zero-order valence-electron chi connectivity index (χ0n) is 10.9. The average molecular weight is 303 g/mol. The molecule has 8 heteroatoms. The molecular weight excluding hydrogens is 291 g/mol. The van der Waals surface area contributed by atoms with Crippen molar-refractivity contribution in [3.63, 3.8) is 0 Å². The molecule has 0 aromatic heterocycles. The van der Waals surface area contributed by atoms with Crippen molar-refractivity contribution < 1.29 is 32.6 Å². The van der Waals surface area contributed by atoms with Gasteiger partial charge in [-0.1, -0.05) is 6.92 Å². The van der Waals surface area contributed by atoms with Crippen molar-refractivity contribution in [3.8, 4) is 5.75 Å². The molecule has 0 radical (unpaired) electrons. The Morgan fingerprint density at radius 2 is 1.81 bits per heavy atom. The van der Waals surface area contributed by atoms with Crippen LogP contribution in [-0.4, -0.2) is 28.9 Å². The van der Waals surface area contributed by atoms with Crippen molar-refractivity contribution >= 4 is 17.5 Å². The van der Waals surface area contributed by atoms with Gasteiger partial charge in [-0.2, -0.15) is 0 Å². The molecule has 0 saturated heterocycles. The lowest BCUT2D eigenvalue weighted by Crippen LogP contribution is -2.29. The summed E-state index contributed by atoms with van der Waals surface area (Å²) in [6.07, 6.45) is -4.77. The van der Waals surface area contributed by atoms with Gasteiger partial charge in [0.15, 0.2) is 0 Å². The number of halogens is 3. The second kappa shape index (κ2) is 6.38. The third-order valence-corrected chi connectivity index (χ3v) is 2.65. The first-order valence-corrected chi connectivity index (χ1v) is 5.87. The highest BCUT2D eigenvalue weighted by molar-refractivity contribution is 6.47. The fraction of sp³-hybridized carbons (Fsp3) is 0.308. The predicted molar refractivity (Wildman–Crippen MR) is 66.6 cm³/mol. The number of hydrogen-bond acceptors (Lipinski definition) is 4. The lowest BCUT2D eigenvalue weighted by molar-refractivity contribution is -0.274. The Hall–Kier alpha value is -2.38. The number of carboxylic acid groups (broad SMARTS) is 1. The second-order valence-electron chi connectivity index (χ2n) is 4.11. The summed E-state index contributed by atoms with van der Waals surface area (Å²) >= 11 is 0. The molecule has 21 heavy (non-hydrogen) atoms. The Bertz CT molecular complexity index is 552. The van der Waals surface area contributed by atoms with Gasteiger partial charge in [0, 0.05) is 5.56 Å². The van der Waals surface area contributed by atoms with Gasteiger partial charge in [-0.05, 0) is 30.7 Å². The van der Waals surface area contributed by atoms with E-state index < -0.39 is 35.5 Å². The monoisotopic (exact) mass is 303 g/mol. The maximum atomic E-state index is 12.0. The Morgan fingerprint density at radius 1 is 1.29 bits per heavy atom. The van der Waals surface area contributed by atoms with Crippen LogP contribution in [0.4, 0.5) is 13.2 Å². The average Bonchev–Trinajstić information content (AvgIpc) is 2.37. The van der Waals surface area contributed by atoms with E-state index in [-0.39, 0.29) is 12.0 Å². The molecule has 0 saturated carbocycles. The first kappa shape index (κ1) is 16.7. The van der Waals surface area contributed by atoms with E-state index in [2.05, 4.69) is 4.74 Å². The molecule has 1 aromatic carbocycles. The first-order chi connectivity index (χ1) is 9.65. The zero-order chi connectivity index (χ0) is 16.2. The number of alkyl halides is 3. The largest absolute Gasteiger partial charge is 0.573 e. The number of hydrogen-bond donors (Lipinski definition) is 2. The molecular formula is C13H12F3NO4. The molecule has 0 fully saturated rings. The molecule has 1 rings (SSSR count). The van der Waals surface area contributed by atoms with Crippen molar-refractivity contribution in [1.82, 2.24) is 0 Å². The third-order valence-electron chi connectivity index (χ3n) is 2.65. The van der Waals surface area contributed by atoms with E-state index in [1.165, 1.54) is 6.92 Å². The molecule has 0 aliphatic heterocycles. The number of ether oxygens (including phenoxy) is 1. The van der Waals surface area contributed by atoms with Gasteiger partial charge in [0.1, 0.15) is 11.7 Å². The molecule has 1 aromatic rings. The highest BCUT2D eigenvalue weighted by Gasteiger charge is 2.31. The van der Waals surface area contributed by atoms with Crippen LogP contribution in [-0.2, 0) is 4.79 Å². The van der Waals surface area contributed by atoms with Gasteiger partial charge in [-0.3, -0.25) is 9.59 Å². The summed E-state index contributed by atoms with van der Waals surface area (Å²) in [5.74, 6) is -3.89. The molecule has 0 aliphatic rings. The summed E-state index contributed by atoms with van der Waals surface area (Å²) in [5.41, 5.74) is -0.691. The van der Waals surface area contributed by atoms with Crippen molar-refractivity contribution in [3.05, 3.63) is 29.8 Å². The highest BCUT2D eigenvalue weighted by atomic mass is 19.4. The lowest BCUT2D eigenvalue weighted by Gasteiger charge is -2.11. The van der Waals surface area contributed by atoms with E-state index in [0.29, 0.717) is 0 Å². The number of rotatable bonds is 6. The van der Waals surface area contributed by atoms with E-state index >= 15 is 0 Å². The fourth-order valence-corrected chi connectivity index (χ4v) is 1.62. The Labute approximate surface area is 117 Å². The number of nitrogens with one attached hydrogen (secondary N) is 1. The minimum atomic E-state index is -4.84. The summed E-state index contributed by atoms with van der Waals surface area (Å²) < 4.78 is 39.6. The number of aliphatic carboxylic acids is 1. The second-order valence-corrected chi connectivity index (χ2v) is 4.11. The van der Waals surface area contributed by atoms with E-state index in [1.807, 2.05) is 0 Å². The lowest BCUT2D eigenvalue weighted by atomic mass is 9.94. The van der Waals surface area contributed by atoms with E-state index in [0.717, 1.165) is 24.3 Å². The molecule has 1 atom stereocenters. The normalized spacial score (nSPS) is 12.6. The molecule has 0 aliphatic carbocycles. The number of benzene rings is 1. The summed E-state index contributed by atoms with van der Waals surface area (Å²) in [5, 5.41) is 16.4. The number of ketones is 1. The van der Waals surface area contributed by atoms with Crippen molar-refractivity contribution in [1.29, 1.82) is 5.41 Å². The Kier molecular flexibility index (Phi) is 5.07. The highest BCUT2D eigenvalue weighted by Crippen LogP contribution is 2.23. The fourth-order valence-electron chi connectivity index (χ4n) is 1.62. The zero-order valence-corrected chi connectivity index (χ0v) is 10.9. The SMILES string of the molecule is CCC(C(=N)C(=O)c1ccc(OC(F)(F)F)cc1)C(=O)O. The van der Waals surface area contributed by atoms with Crippen LogP contribution in [0.1, 0.15) is 23.7 Å². The van der Waals surface area contributed by atoms with Gasteiger partial charge in [0.25, 0.3) is 0 Å². The third kappa shape index (κ3) is 4.59. The van der Waals surface area contributed by atoms with Crippen molar-refractivity contribution in [2.24, 2.45) is 5.92 Å². The number of Topliss-reactive ketones (excluding diaryl/α,β-unsaturated/α-hetero) is 1. The van der Waals surface area contributed by atoms with E-state index in [9.17, 15) is 22.8 Å². The molecule has 1 unspecified atom stereocenters. The first-order valence-electron chi connectivity index (χ1n) is 5.87. The smallest absolute Gasteiger partial charge is 0.481 e. The van der Waals surface area contributed by atoms with Crippen LogP contribution in [0, 0.1) is 11.3 Å². The molecule has 0 amide bonds. The van der Waals surface area contributed by atoms with Crippen molar-refractivity contribution in [2.45, 2.75) is 19.7 Å². The van der Waals surface area contributed by atoms with Gasteiger partial charge in [0.2, 0.25) is 5.78 Å². The minimum absolute atomic E-state index is 0.0647. The molecule has 0 heterocycles. The molecule has 0 bridgehead atoms. The molecule has 2 N–H and O–H groups in total. The van der Waals surface area contributed by atoms with Gasteiger partial charge in [-0.15, -0.1) is 13.2 Å². The summed E-state index contributed by atoms with van der Waals surface area (Å²) in [4.78, 5) is 22.8. The molecule has 5 nitrogen and oxygen atoms in total. The number of carbonyl (C=O) groups is 2. The van der Waals surface area contributed by atoms with Gasteiger partial charge in [-0.25, -0.2) is 0 Å². The molecule has 114 valence electrons. The number of carboxylic acids is 1. The quantitative estimate of drug-likeness (QED) is 0.625. The molecule has 0 spiro atoms. The standard InChI is InChI=1S/C13H12F3NO4/c1-2-9(12(19)20)10(17)11(18)7-3-5-8(6-4-7)21-13(14,15)16/h3-6,9,17H,2H2,1H3,(H,19,20). The topological polar surface area (TPSA) is 87.5 Å². The van der Waals surface area contributed by atoms with Gasteiger partial charge >= 0.3 is 12.3 Å². The van der Waals surface area contributed by atoms with Crippen LogP contribution in [0.2, 0.25) is 0 Å². The Morgan fingerprint density at radius 3 is 2.19 bits per heavy atom. The maximum Gasteiger partial charge on any atom is 0.573 e. The van der Waals surface area contributed by atoms with Crippen LogP contribution in [0.3, 0.4) is 0 Å². The Balaban J connectivity index is 2.89. The van der Waals surface area contributed by atoms with Crippen LogP contribution in [0.5, 0.6) is 5.75 Å². The van der Waals surface area contributed by atoms with Crippen LogP contribution in [0.25, 0.3) is 0 Å². The van der Waals surface area contributed by atoms with E-state index in [4.69, 9.17) is 10.5 Å². The summed E-state index contributed by atoms with van der Waals surface area (Å²) in [7, 11) is 0. The predicted octanol–water partition coefficient (Wildman–Crippen LogP) is 2.90. The minimum Gasteiger partial charge on any atom is -0.481 e. The summed E-state index contributed by atoms with van der Waals surface area (Å²) in [6, 6.07) is 3.95. The van der Waals surface area contributed by atoms with E-state index in [1.54, 1.807) is 0 Å². The van der Waals surface area contributed by atoms with Crippen LogP contribution >= 0.6 is 0 Å². The maximum absolute atomic E-state index is 12.0. The van der Waals surface area contributed by atoms with Crippen LogP contribution in [0.15, 0.2) is 24.3 Å².